The van der Waals surface area contributed by atoms with Crippen LogP contribution >= 0.6 is 11.6 Å². The summed E-state index contributed by atoms with van der Waals surface area (Å²) in [5, 5.41) is 0.180. The van der Waals surface area contributed by atoms with Gasteiger partial charge in [-0.1, -0.05) is 23.7 Å². The summed E-state index contributed by atoms with van der Waals surface area (Å²) in [6, 6.07) is 6.85. The number of hydrogen-bond acceptors (Lipinski definition) is 3. The average molecular weight is 288 g/mol. The Hall–Kier alpha value is -1.66. The van der Waals surface area contributed by atoms with Crippen molar-refractivity contribution in [3.63, 3.8) is 0 Å². The predicted octanol–water partition coefficient (Wildman–Crippen LogP) is 3.27. The van der Waals surface area contributed by atoms with Crippen LogP contribution < -0.4 is 5.73 Å². The van der Waals surface area contributed by atoms with Crippen molar-refractivity contribution in [2.45, 2.75) is 12.7 Å². The van der Waals surface area contributed by atoms with Gasteiger partial charge in [0.1, 0.15) is 10.8 Å². The highest BCUT2D eigenvalue weighted by Crippen LogP contribution is 2.30. The Morgan fingerprint density at radius 2 is 1.84 bits per heavy atom. The molecule has 0 amide bonds. The minimum absolute atomic E-state index is 0.0642. The van der Waals surface area contributed by atoms with Crippen LogP contribution in [0.25, 0.3) is 11.4 Å². The van der Waals surface area contributed by atoms with Crippen LogP contribution in [-0.4, -0.2) is 9.97 Å². The number of alkyl halides is 3. The maximum atomic E-state index is 12.7. The van der Waals surface area contributed by atoms with E-state index in [1.54, 1.807) is 6.07 Å². The Balaban J connectivity index is 2.60. The van der Waals surface area contributed by atoms with E-state index in [0.717, 1.165) is 6.07 Å². The van der Waals surface area contributed by atoms with Crippen LogP contribution in [0.2, 0.25) is 5.15 Å². The van der Waals surface area contributed by atoms with Crippen molar-refractivity contribution in [2.24, 2.45) is 5.73 Å². The van der Waals surface area contributed by atoms with Gasteiger partial charge in [0.25, 0.3) is 0 Å². The van der Waals surface area contributed by atoms with E-state index in [4.69, 9.17) is 17.3 Å². The number of nitrogens with zero attached hydrogens (tertiary/aromatic N) is 2. The fourth-order valence-corrected chi connectivity index (χ4v) is 1.74. The lowest BCUT2D eigenvalue weighted by atomic mass is 10.1. The SMILES string of the molecule is NCc1ccc(C(F)(F)F)nc1-c1cccc(Cl)n1. The zero-order chi connectivity index (χ0) is 14.0. The Morgan fingerprint density at radius 3 is 2.42 bits per heavy atom. The van der Waals surface area contributed by atoms with Crippen LogP contribution in [0.4, 0.5) is 13.2 Å². The number of rotatable bonds is 2. The molecule has 100 valence electrons. The molecule has 3 nitrogen and oxygen atoms in total. The van der Waals surface area contributed by atoms with Crippen LogP contribution in [0.15, 0.2) is 30.3 Å². The smallest absolute Gasteiger partial charge is 0.326 e. The number of aromatic nitrogens is 2. The summed E-state index contributed by atoms with van der Waals surface area (Å²) in [5.41, 5.74) is 5.35. The monoisotopic (exact) mass is 287 g/mol. The molecule has 0 radical (unpaired) electrons. The van der Waals surface area contributed by atoms with Gasteiger partial charge in [-0.2, -0.15) is 13.2 Å². The van der Waals surface area contributed by atoms with Gasteiger partial charge in [-0.25, -0.2) is 9.97 Å². The second-order valence-corrected chi connectivity index (χ2v) is 4.14. The summed E-state index contributed by atoms with van der Waals surface area (Å²) >= 11 is 5.73. The molecule has 2 rings (SSSR count). The maximum Gasteiger partial charge on any atom is 0.433 e. The van der Waals surface area contributed by atoms with Crippen LogP contribution in [0, 0.1) is 0 Å². The number of halogens is 4. The Morgan fingerprint density at radius 1 is 1.11 bits per heavy atom. The highest BCUT2D eigenvalue weighted by molar-refractivity contribution is 6.29. The summed E-state index contributed by atoms with van der Waals surface area (Å²) in [7, 11) is 0. The normalized spacial score (nSPS) is 11.6. The maximum absolute atomic E-state index is 12.7. The molecule has 0 atom stereocenters. The summed E-state index contributed by atoms with van der Waals surface area (Å²) in [5.74, 6) is 0. The quantitative estimate of drug-likeness (QED) is 0.863. The molecule has 0 saturated heterocycles. The zero-order valence-electron chi connectivity index (χ0n) is 9.58. The third kappa shape index (κ3) is 3.02. The molecule has 0 aromatic carbocycles. The highest BCUT2D eigenvalue weighted by atomic mass is 35.5. The van der Waals surface area contributed by atoms with Crippen molar-refractivity contribution in [3.05, 3.63) is 46.7 Å². The number of nitrogens with two attached hydrogens (primary N) is 1. The van der Waals surface area contributed by atoms with Crippen LogP contribution in [-0.2, 0) is 12.7 Å². The van der Waals surface area contributed by atoms with E-state index in [-0.39, 0.29) is 23.1 Å². The van der Waals surface area contributed by atoms with Crippen molar-refractivity contribution in [1.29, 1.82) is 0 Å². The second-order valence-electron chi connectivity index (χ2n) is 3.75. The van der Waals surface area contributed by atoms with Gasteiger partial charge in [0.05, 0.1) is 11.4 Å². The number of pyridine rings is 2. The molecule has 0 aliphatic heterocycles. The van der Waals surface area contributed by atoms with E-state index in [1.165, 1.54) is 18.2 Å². The second kappa shape index (κ2) is 5.14. The molecule has 2 aromatic heterocycles. The van der Waals surface area contributed by atoms with Gasteiger partial charge >= 0.3 is 6.18 Å². The molecule has 7 heteroatoms. The molecule has 0 spiro atoms. The molecule has 0 bridgehead atoms. The van der Waals surface area contributed by atoms with E-state index >= 15 is 0 Å². The van der Waals surface area contributed by atoms with E-state index in [0.29, 0.717) is 5.56 Å². The lowest BCUT2D eigenvalue weighted by Crippen LogP contribution is -2.11. The Labute approximate surface area is 112 Å². The van der Waals surface area contributed by atoms with E-state index < -0.39 is 11.9 Å². The van der Waals surface area contributed by atoms with Crippen molar-refractivity contribution in [2.75, 3.05) is 0 Å². The largest absolute Gasteiger partial charge is 0.433 e. The topological polar surface area (TPSA) is 51.8 Å². The summed E-state index contributed by atoms with van der Waals surface area (Å²) in [4.78, 5) is 7.56. The Kier molecular flexibility index (Phi) is 3.73. The van der Waals surface area contributed by atoms with Crippen LogP contribution in [0.1, 0.15) is 11.3 Å². The molecular formula is C12H9ClF3N3. The first-order valence-corrected chi connectivity index (χ1v) is 5.69. The van der Waals surface area contributed by atoms with E-state index in [2.05, 4.69) is 9.97 Å². The lowest BCUT2D eigenvalue weighted by Gasteiger charge is -2.11. The third-order valence-electron chi connectivity index (χ3n) is 2.45. The first kappa shape index (κ1) is 13.8. The van der Waals surface area contributed by atoms with Gasteiger partial charge in [-0.3, -0.25) is 0 Å². The molecule has 2 aromatic rings. The molecule has 2 N–H and O–H groups in total. The first-order valence-electron chi connectivity index (χ1n) is 5.32. The molecule has 0 unspecified atom stereocenters. The fraction of sp³-hybridized carbons (Fsp3) is 0.167. The van der Waals surface area contributed by atoms with E-state index in [9.17, 15) is 13.2 Å². The predicted molar refractivity (Wildman–Crippen MR) is 65.4 cm³/mol. The first-order chi connectivity index (χ1) is 8.91. The van der Waals surface area contributed by atoms with E-state index in [1.807, 2.05) is 0 Å². The van der Waals surface area contributed by atoms with Gasteiger partial charge in [0.15, 0.2) is 0 Å². The highest BCUT2D eigenvalue weighted by Gasteiger charge is 2.33. The molecule has 0 saturated carbocycles. The fourth-order valence-electron chi connectivity index (χ4n) is 1.57. The van der Waals surface area contributed by atoms with Crippen molar-refractivity contribution < 1.29 is 13.2 Å². The van der Waals surface area contributed by atoms with Crippen molar-refractivity contribution in [3.8, 4) is 11.4 Å². The van der Waals surface area contributed by atoms with Gasteiger partial charge < -0.3 is 5.73 Å². The lowest BCUT2D eigenvalue weighted by molar-refractivity contribution is -0.141. The molecular weight excluding hydrogens is 279 g/mol. The van der Waals surface area contributed by atoms with Gasteiger partial charge in [-0.15, -0.1) is 0 Å². The van der Waals surface area contributed by atoms with Crippen LogP contribution in [0.3, 0.4) is 0 Å². The molecule has 19 heavy (non-hydrogen) atoms. The summed E-state index contributed by atoms with van der Waals surface area (Å²) in [6.07, 6.45) is -4.51. The zero-order valence-corrected chi connectivity index (χ0v) is 10.3. The van der Waals surface area contributed by atoms with Gasteiger partial charge in [0, 0.05) is 6.54 Å². The molecule has 0 aliphatic carbocycles. The summed E-state index contributed by atoms with van der Waals surface area (Å²) in [6.45, 7) is 0.0642. The van der Waals surface area contributed by atoms with Crippen molar-refractivity contribution in [1.82, 2.24) is 9.97 Å². The average Bonchev–Trinajstić information content (AvgIpc) is 2.37. The standard InChI is InChI=1S/C12H9ClF3N3/c13-10-3-1-2-8(18-10)11-7(6-17)4-5-9(19-11)12(14,15)16/h1-5H,6,17H2. The molecule has 0 aliphatic rings. The van der Waals surface area contributed by atoms with Gasteiger partial charge in [0.2, 0.25) is 0 Å². The molecule has 0 fully saturated rings. The minimum atomic E-state index is -4.51. The molecule has 2 heterocycles. The van der Waals surface area contributed by atoms with Gasteiger partial charge in [-0.05, 0) is 23.8 Å². The number of hydrogen-bond donors (Lipinski definition) is 1. The van der Waals surface area contributed by atoms with Crippen LogP contribution in [0.5, 0.6) is 0 Å². The van der Waals surface area contributed by atoms with Crippen molar-refractivity contribution >= 4 is 11.6 Å². The Bertz CT molecular complexity index is 599. The minimum Gasteiger partial charge on any atom is -0.326 e. The summed E-state index contributed by atoms with van der Waals surface area (Å²) < 4.78 is 38.0. The third-order valence-corrected chi connectivity index (χ3v) is 2.66.